The number of carbonyl (C=O) groups excluding carboxylic acids is 2. The highest BCUT2D eigenvalue weighted by molar-refractivity contribution is 5.98. The number of carbonyl (C=O) groups is 2. The van der Waals surface area contributed by atoms with E-state index in [9.17, 15) is 9.59 Å². The Morgan fingerprint density at radius 1 is 1.25 bits per heavy atom. The number of benzene rings is 1. The van der Waals surface area contributed by atoms with Crippen LogP contribution >= 0.6 is 12.4 Å². The monoisotopic (exact) mass is 299 g/mol. The Kier molecular flexibility index (Phi) is 6.68. The molecule has 4 N–H and O–H groups in total. The van der Waals surface area contributed by atoms with Gasteiger partial charge in [-0.3, -0.25) is 9.59 Å². The Labute approximate surface area is 125 Å². The van der Waals surface area contributed by atoms with E-state index < -0.39 is 6.04 Å². The van der Waals surface area contributed by atoms with Crippen molar-refractivity contribution < 1.29 is 9.59 Å². The summed E-state index contributed by atoms with van der Waals surface area (Å²) in [5.41, 5.74) is 6.23. The summed E-state index contributed by atoms with van der Waals surface area (Å²) in [6.45, 7) is 7.33. The number of hydrogen-bond acceptors (Lipinski definition) is 3. The van der Waals surface area contributed by atoms with Crippen LogP contribution in [0.5, 0.6) is 0 Å². The molecule has 0 bridgehead atoms. The minimum absolute atomic E-state index is 0. The van der Waals surface area contributed by atoms with Gasteiger partial charge in [-0.25, -0.2) is 0 Å². The van der Waals surface area contributed by atoms with E-state index in [2.05, 4.69) is 10.6 Å². The minimum atomic E-state index is -0.591. The van der Waals surface area contributed by atoms with Gasteiger partial charge in [0.1, 0.15) is 0 Å². The molecule has 0 saturated heterocycles. The van der Waals surface area contributed by atoms with Gasteiger partial charge >= 0.3 is 0 Å². The third-order valence-electron chi connectivity index (χ3n) is 2.29. The van der Waals surface area contributed by atoms with Gasteiger partial charge in [-0.1, -0.05) is 6.07 Å². The molecule has 1 aromatic rings. The third-order valence-corrected chi connectivity index (χ3v) is 2.29. The van der Waals surface area contributed by atoms with Crippen LogP contribution in [0, 0.1) is 0 Å². The molecule has 0 saturated carbocycles. The molecule has 0 aliphatic carbocycles. The first-order valence-electron chi connectivity index (χ1n) is 6.18. The van der Waals surface area contributed by atoms with Crippen molar-refractivity contribution in [3.63, 3.8) is 0 Å². The van der Waals surface area contributed by atoms with E-state index in [1.165, 1.54) is 0 Å². The van der Waals surface area contributed by atoms with Crippen molar-refractivity contribution in [1.82, 2.24) is 5.32 Å². The fraction of sp³-hybridized carbons (Fsp3) is 0.429. The number of halogens is 1. The van der Waals surface area contributed by atoms with Crippen LogP contribution in [0.1, 0.15) is 38.1 Å². The predicted molar refractivity (Wildman–Crippen MR) is 83.2 cm³/mol. The fourth-order valence-electron chi connectivity index (χ4n) is 1.41. The van der Waals surface area contributed by atoms with E-state index in [0.29, 0.717) is 11.3 Å². The molecule has 1 atom stereocenters. The topological polar surface area (TPSA) is 84.2 Å². The van der Waals surface area contributed by atoms with Gasteiger partial charge in [0.05, 0.1) is 6.04 Å². The van der Waals surface area contributed by atoms with Crippen LogP contribution in [0.3, 0.4) is 0 Å². The van der Waals surface area contributed by atoms with Crippen LogP contribution in [0.15, 0.2) is 24.3 Å². The zero-order valence-corrected chi connectivity index (χ0v) is 13.0. The Morgan fingerprint density at radius 2 is 1.85 bits per heavy atom. The fourth-order valence-corrected chi connectivity index (χ4v) is 1.41. The summed E-state index contributed by atoms with van der Waals surface area (Å²) in [7, 11) is 0. The van der Waals surface area contributed by atoms with Crippen molar-refractivity contribution in [2.45, 2.75) is 39.3 Å². The number of rotatable bonds is 3. The molecule has 5 nitrogen and oxygen atoms in total. The highest BCUT2D eigenvalue weighted by Gasteiger charge is 2.16. The van der Waals surface area contributed by atoms with Gasteiger partial charge in [0.2, 0.25) is 5.91 Å². The van der Waals surface area contributed by atoms with E-state index in [1.807, 2.05) is 20.8 Å². The quantitative estimate of drug-likeness (QED) is 0.797. The SMILES string of the molecule is C[C@@H](N)C(=O)Nc1cccc(C(=O)NC(C)(C)C)c1.Cl. The first-order valence-corrected chi connectivity index (χ1v) is 6.18. The molecular weight excluding hydrogens is 278 g/mol. The first-order chi connectivity index (χ1) is 8.69. The van der Waals surface area contributed by atoms with E-state index in [0.717, 1.165) is 0 Å². The summed E-state index contributed by atoms with van der Waals surface area (Å²) in [6.07, 6.45) is 0. The summed E-state index contributed by atoms with van der Waals surface area (Å²) in [6, 6.07) is 6.17. The summed E-state index contributed by atoms with van der Waals surface area (Å²) in [5.74, 6) is -0.460. The Hall–Kier alpha value is -1.59. The van der Waals surface area contributed by atoms with Gasteiger partial charge in [0, 0.05) is 16.8 Å². The van der Waals surface area contributed by atoms with Gasteiger partial charge in [0.25, 0.3) is 5.91 Å². The standard InChI is InChI=1S/C14H21N3O2.ClH/c1-9(15)12(18)16-11-7-5-6-10(8-11)13(19)17-14(2,3)4;/h5-9H,15H2,1-4H3,(H,16,18)(H,17,19);1H/t9-;/m1./s1. The van der Waals surface area contributed by atoms with Crippen molar-refractivity contribution in [2.24, 2.45) is 5.73 Å². The molecule has 0 radical (unpaired) electrons. The second-order valence-electron chi connectivity index (χ2n) is 5.56. The Bertz CT molecular complexity index is 482. The molecular formula is C14H22ClN3O2. The molecule has 0 heterocycles. The molecule has 20 heavy (non-hydrogen) atoms. The Balaban J connectivity index is 0.00000361. The van der Waals surface area contributed by atoms with Gasteiger partial charge in [0.15, 0.2) is 0 Å². The molecule has 6 heteroatoms. The second-order valence-corrected chi connectivity index (χ2v) is 5.56. The molecule has 1 rings (SSSR count). The van der Waals surface area contributed by atoms with Gasteiger partial charge in [-0.05, 0) is 45.9 Å². The lowest BCUT2D eigenvalue weighted by atomic mass is 10.1. The van der Waals surface area contributed by atoms with E-state index >= 15 is 0 Å². The van der Waals surface area contributed by atoms with Crippen LogP contribution in [0.2, 0.25) is 0 Å². The molecule has 0 aliphatic rings. The number of nitrogens with one attached hydrogen (secondary N) is 2. The average Bonchev–Trinajstić information content (AvgIpc) is 2.27. The largest absolute Gasteiger partial charge is 0.347 e. The van der Waals surface area contributed by atoms with Crippen LogP contribution in [0.25, 0.3) is 0 Å². The summed E-state index contributed by atoms with van der Waals surface area (Å²) >= 11 is 0. The summed E-state index contributed by atoms with van der Waals surface area (Å²) < 4.78 is 0. The molecule has 2 amide bonds. The molecule has 0 aromatic heterocycles. The maximum atomic E-state index is 12.0. The second kappa shape index (κ2) is 7.26. The summed E-state index contributed by atoms with van der Waals surface area (Å²) in [4.78, 5) is 23.5. The van der Waals surface area contributed by atoms with E-state index in [4.69, 9.17) is 5.73 Å². The number of hydrogen-bond donors (Lipinski definition) is 3. The van der Waals surface area contributed by atoms with Crippen molar-refractivity contribution in [2.75, 3.05) is 5.32 Å². The average molecular weight is 300 g/mol. The van der Waals surface area contributed by atoms with Crippen molar-refractivity contribution >= 4 is 29.9 Å². The molecule has 0 aliphatic heterocycles. The molecule has 0 spiro atoms. The lowest BCUT2D eigenvalue weighted by Gasteiger charge is -2.20. The van der Waals surface area contributed by atoms with E-state index in [1.54, 1.807) is 31.2 Å². The molecule has 0 fully saturated rings. The minimum Gasteiger partial charge on any atom is -0.347 e. The highest BCUT2D eigenvalue weighted by Crippen LogP contribution is 2.12. The predicted octanol–water partition coefficient (Wildman–Crippen LogP) is 1.92. The van der Waals surface area contributed by atoms with Crippen LogP contribution < -0.4 is 16.4 Å². The van der Waals surface area contributed by atoms with Crippen LogP contribution in [-0.4, -0.2) is 23.4 Å². The lowest BCUT2D eigenvalue weighted by molar-refractivity contribution is -0.117. The van der Waals surface area contributed by atoms with Crippen LogP contribution in [-0.2, 0) is 4.79 Å². The third kappa shape index (κ3) is 6.04. The zero-order chi connectivity index (χ0) is 14.6. The molecule has 1 aromatic carbocycles. The maximum Gasteiger partial charge on any atom is 0.251 e. The Morgan fingerprint density at radius 3 is 2.35 bits per heavy atom. The first kappa shape index (κ1) is 18.4. The summed E-state index contributed by atoms with van der Waals surface area (Å²) in [5, 5.41) is 5.52. The van der Waals surface area contributed by atoms with Crippen molar-refractivity contribution in [3.05, 3.63) is 29.8 Å². The van der Waals surface area contributed by atoms with Gasteiger partial charge in [-0.2, -0.15) is 0 Å². The number of amides is 2. The number of anilines is 1. The van der Waals surface area contributed by atoms with Crippen molar-refractivity contribution in [1.29, 1.82) is 0 Å². The zero-order valence-electron chi connectivity index (χ0n) is 12.2. The smallest absolute Gasteiger partial charge is 0.251 e. The number of nitrogens with two attached hydrogens (primary N) is 1. The van der Waals surface area contributed by atoms with Gasteiger partial charge < -0.3 is 16.4 Å². The normalized spacial score (nSPS) is 12.1. The lowest BCUT2D eigenvalue weighted by Crippen LogP contribution is -2.40. The van der Waals surface area contributed by atoms with Crippen molar-refractivity contribution in [3.8, 4) is 0 Å². The maximum absolute atomic E-state index is 12.0. The molecule has 0 unspecified atom stereocenters. The highest BCUT2D eigenvalue weighted by atomic mass is 35.5. The van der Waals surface area contributed by atoms with E-state index in [-0.39, 0.29) is 29.8 Å². The van der Waals surface area contributed by atoms with Gasteiger partial charge in [-0.15, -0.1) is 12.4 Å². The van der Waals surface area contributed by atoms with Crippen LogP contribution in [0.4, 0.5) is 5.69 Å². The molecule has 112 valence electrons.